The van der Waals surface area contributed by atoms with Crippen molar-refractivity contribution in [1.82, 2.24) is 24.8 Å². The van der Waals surface area contributed by atoms with Crippen LogP contribution in [0.2, 0.25) is 0 Å². The second-order valence-corrected chi connectivity index (χ2v) is 6.73. The van der Waals surface area contributed by atoms with Gasteiger partial charge in [0.05, 0.1) is 0 Å². The molecule has 2 N–H and O–H groups in total. The number of piperidine rings is 1. The number of rotatable bonds is 4. The Bertz CT molecular complexity index is 917. The molecule has 0 unspecified atom stereocenters. The molecule has 0 atom stereocenters. The maximum absolute atomic E-state index is 13.0. The highest BCUT2D eigenvalue weighted by molar-refractivity contribution is 5.88. The largest absolute Gasteiger partial charge is 0.335 e. The van der Waals surface area contributed by atoms with Gasteiger partial charge in [-0.25, -0.2) is 9.18 Å². The van der Waals surface area contributed by atoms with Crippen molar-refractivity contribution < 1.29 is 9.18 Å². The molecule has 0 bridgehead atoms. The fraction of sp³-hybridized carbons (Fsp3) is 0.316. The van der Waals surface area contributed by atoms with Crippen LogP contribution in [0.5, 0.6) is 0 Å². The number of carbonyl (C=O) groups excluding carboxylic acids is 1. The number of hydrogen-bond donors (Lipinski definition) is 2. The predicted octanol–water partition coefficient (Wildman–Crippen LogP) is 2.65. The van der Waals surface area contributed by atoms with Crippen molar-refractivity contribution in [3.63, 3.8) is 0 Å². The van der Waals surface area contributed by atoms with Crippen LogP contribution in [0.1, 0.15) is 18.4 Å². The fourth-order valence-corrected chi connectivity index (χ4v) is 3.33. The number of nitrogens with one attached hydrogen (secondary N) is 2. The summed E-state index contributed by atoms with van der Waals surface area (Å²) in [6.45, 7) is 2.57. The van der Waals surface area contributed by atoms with Crippen LogP contribution in [0.4, 0.5) is 15.1 Å². The van der Waals surface area contributed by atoms with Crippen LogP contribution >= 0.6 is 0 Å². The van der Waals surface area contributed by atoms with Crippen molar-refractivity contribution >= 4 is 17.6 Å². The molecule has 3 aromatic rings. The second-order valence-electron chi connectivity index (χ2n) is 6.73. The molecular formula is C19H21FN6O. The lowest BCUT2D eigenvalue weighted by Crippen LogP contribution is -2.45. The Morgan fingerprint density at radius 1 is 1.11 bits per heavy atom. The van der Waals surface area contributed by atoms with Crippen LogP contribution in [0.15, 0.2) is 48.7 Å². The molecule has 1 aromatic carbocycles. The molecule has 1 aliphatic heterocycles. The maximum Gasteiger partial charge on any atom is 0.321 e. The van der Waals surface area contributed by atoms with Gasteiger partial charge in [0.25, 0.3) is 0 Å². The summed E-state index contributed by atoms with van der Waals surface area (Å²) in [5.74, 6) is 0.185. The molecule has 0 saturated carbocycles. The SMILES string of the molecule is O=C(Nc1nnc2ccccn12)NC1CCN(Cc2ccc(F)cc2)CC1. The van der Waals surface area contributed by atoms with E-state index in [2.05, 4.69) is 25.7 Å². The van der Waals surface area contributed by atoms with Gasteiger partial charge in [-0.3, -0.25) is 14.6 Å². The monoisotopic (exact) mass is 368 g/mol. The average Bonchev–Trinajstić information content (AvgIpc) is 3.08. The molecule has 1 aliphatic rings. The van der Waals surface area contributed by atoms with E-state index in [0.29, 0.717) is 11.6 Å². The van der Waals surface area contributed by atoms with E-state index in [1.807, 2.05) is 30.3 Å². The van der Waals surface area contributed by atoms with Gasteiger partial charge in [0.15, 0.2) is 5.65 Å². The van der Waals surface area contributed by atoms with Crippen molar-refractivity contribution in [2.24, 2.45) is 0 Å². The van der Waals surface area contributed by atoms with Crippen molar-refractivity contribution in [3.05, 3.63) is 60.0 Å². The molecule has 2 aromatic heterocycles. The lowest BCUT2D eigenvalue weighted by Gasteiger charge is -2.32. The number of carbonyl (C=O) groups is 1. The zero-order valence-corrected chi connectivity index (χ0v) is 14.8. The first-order chi connectivity index (χ1) is 13.2. The Morgan fingerprint density at radius 3 is 2.67 bits per heavy atom. The highest BCUT2D eigenvalue weighted by Crippen LogP contribution is 2.15. The third-order valence-electron chi connectivity index (χ3n) is 4.78. The molecule has 1 fully saturated rings. The minimum atomic E-state index is -0.273. The summed E-state index contributed by atoms with van der Waals surface area (Å²) < 4.78 is 14.7. The fourth-order valence-electron chi connectivity index (χ4n) is 3.33. The van der Waals surface area contributed by atoms with Crippen LogP contribution in [0, 0.1) is 5.82 Å². The molecule has 2 amide bonds. The number of nitrogens with zero attached hydrogens (tertiary/aromatic N) is 4. The molecule has 27 heavy (non-hydrogen) atoms. The molecule has 0 aliphatic carbocycles. The van der Waals surface area contributed by atoms with E-state index in [9.17, 15) is 9.18 Å². The Morgan fingerprint density at radius 2 is 1.89 bits per heavy atom. The zero-order chi connectivity index (χ0) is 18.6. The number of benzene rings is 1. The predicted molar refractivity (Wildman–Crippen MR) is 99.8 cm³/mol. The summed E-state index contributed by atoms with van der Waals surface area (Å²) in [7, 11) is 0. The number of pyridine rings is 1. The maximum atomic E-state index is 13.0. The highest BCUT2D eigenvalue weighted by Gasteiger charge is 2.21. The van der Waals surface area contributed by atoms with E-state index in [0.717, 1.165) is 38.0 Å². The normalized spacial score (nSPS) is 15.7. The third-order valence-corrected chi connectivity index (χ3v) is 4.78. The molecule has 0 spiro atoms. The van der Waals surface area contributed by atoms with Crippen molar-refractivity contribution in [1.29, 1.82) is 0 Å². The van der Waals surface area contributed by atoms with Gasteiger partial charge in [0, 0.05) is 31.9 Å². The van der Waals surface area contributed by atoms with Gasteiger partial charge in [-0.15, -0.1) is 10.2 Å². The molecule has 0 radical (unpaired) electrons. The van der Waals surface area contributed by atoms with Gasteiger partial charge in [0.2, 0.25) is 5.95 Å². The Hall–Kier alpha value is -3.00. The molecule has 4 rings (SSSR count). The number of anilines is 1. The van der Waals surface area contributed by atoms with Gasteiger partial charge in [-0.05, 0) is 42.7 Å². The number of aromatic nitrogens is 3. The number of halogens is 1. The zero-order valence-electron chi connectivity index (χ0n) is 14.8. The smallest absolute Gasteiger partial charge is 0.321 e. The first-order valence-electron chi connectivity index (χ1n) is 9.01. The van der Waals surface area contributed by atoms with Crippen LogP contribution in [0.3, 0.4) is 0 Å². The average molecular weight is 368 g/mol. The van der Waals surface area contributed by atoms with Crippen molar-refractivity contribution in [2.45, 2.75) is 25.4 Å². The van der Waals surface area contributed by atoms with E-state index in [1.165, 1.54) is 12.1 Å². The topological polar surface area (TPSA) is 74.6 Å². The summed E-state index contributed by atoms with van der Waals surface area (Å²) in [4.78, 5) is 14.6. The van der Waals surface area contributed by atoms with E-state index in [-0.39, 0.29) is 17.9 Å². The lowest BCUT2D eigenvalue weighted by atomic mass is 10.0. The minimum absolute atomic E-state index is 0.119. The summed E-state index contributed by atoms with van der Waals surface area (Å²) in [6, 6.07) is 12.0. The van der Waals surface area contributed by atoms with Crippen molar-refractivity contribution in [3.8, 4) is 0 Å². The van der Waals surface area contributed by atoms with Gasteiger partial charge in [-0.2, -0.15) is 0 Å². The highest BCUT2D eigenvalue weighted by atomic mass is 19.1. The minimum Gasteiger partial charge on any atom is -0.335 e. The molecule has 1 saturated heterocycles. The molecule has 140 valence electrons. The van der Waals surface area contributed by atoms with Gasteiger partial charge in [0.1, 0.15) is 5.82 Å². The molecule has 8 heteroatoms. The van der Waals surface area contributed by atoms with E-state index in [1.54, 1.807) is 10.6 Å². The summed E-state index contributed by atoms with van der Waals surface area (Å²) in [5.41, 5.74) is 1.78. The number of likely N-dealkylation sites (tertiary alicyclic amines) is 1. The Kier molecular flexibility index (Phi) is 4.97. The standard InChI is InChI=1S/C19H21FN6O/c20-15-6-4-14(5-7-15)13-25-11-8-16(9-12-25)21-19(27)22-18-24-23-17-3-1-2-10-26(17)18/h1-7,10,16H,8-9,11-13H2,(H2,21,22,24,27). The van der Waals surface area contributed by atoms with Crippen LogP contribution in [-0.4, -0.2) is 44.7 Å². The Balaban J connectivity index is 1.26. The first kappa shape index (κ1) is 17.4. The summed E-state index contributed by atoms with van der Waals surface area (Å²) >= 11 is 0. The van der Waals surface area contributed by atoms with Crippen LogP contribution in [0.25, 0.3) is 5.65 Å². The van der Waals surface area contributed by atoms with Crippen molar-refractivity contribution in [2.75, 3.05) is 18.4 Å². The van der Waals surface area contributed by atoms with Gasteiger partial charge < -0.3 is 5.32 Å². The number of hydrogen-bond acceptors (Lipinski definition) is 4. The molecule has 7 nitrogen and oxygen atoms in total. The molecule has 3 heterocycles. The first-order valence-corrected chi connectivity index (χ1v) is 9.01. The van der Waals surface area contributed by atoms with Crippen LogP contribution in [-0.2, 0) is 6.54 Å². The summed E-state index contributed by atoms with van der Waals surface area (Å²) in [5, 5.41) is 13.8. The Labute approximate surface area is 156 Å². The third kappa shape index (κ3) is 4.22. The van der Waals surface area contributed by atoms with Gasteiger partial charge in [-0.1, -0.05) is 18.2 Å². The molecular weight excluding hydrogens is 347 g/mol. The quantitative estimate of drug-likeness (QED) is 0.742. The number of urea groups is 1. The number of fused-ring (bicyclic) bond motifs is 1. The second kappa shape index (κ2) is 7.71. The van der Waals surface area contributed by atoms with Crippen LogP contribution < -0.4 is 10.6 Å². The van der Waals surface area contributed by atoms with E-state index in [4.69, 9.17) is 0 Å². The van der Waals surface area contributed by atoms with Gasteiger partial charge >= 0.3 is 6.03 Å². The van der Waals surface area contributed by atoms with E-state index >= 15 is 0 Å². The van der Waals surface area contributed by atoms with E-state index < -0.39 is 0 Å². The summed E-state index contributed by atoms with van der Waals surface area (Å²) in [6.07, 6.45) is 3.54. The number of amides is 2. The lowest BCUT2D eigenvalue weighted by molar-refractivity contribution is 0.190.